The van der Waals surface area contributed by atoms with Crippen LogP contribution in [0.4, 0.5) is 0 Å². The summed E-state index contributed by atoms with van der Waals surface area (Å²) >= 11 is 0. The zero-order valence-electron chi connectivity index (χ0n) is 31.2. The Morgan fingerprint density at radius 2 is 0.667 bits per heavy atom. The number of hydrogen-bond donors (Lipinski definition) is 3. The highest BCUT2D eigenvalue weighted by Gasteiger charge is 2.13. The normalized spacial score (nSPS) is 10.6. The van der Waals surface area contributed by atoms with Crippen LogP contribution >= 0.6 is 0 Å². The fourth-order valence-corrected chi connectivity index (χ4v) is 6.20. The summed E-state index contributed by atoms with van der Waals surface area (Å²) in [4.78, 5) is 0. The highest BCUT2D eigenvalue weighted by atomic mass is 16.3. The molecule has 0 saturated carbocycles. The van der Waals surface area contributed by atoms with Gasteiger partial charge in [0.2, 0.25) is 0 Å². The molecule has 0 aliphatic carbocycles. The molecule has 0 atom stereocenters. The van der Waals surface area contributed by atoms with Crippen LogP contribution < -0.4 is 0 Å². The van der Waals surface area contributed by atoms with Crippen LogP contribution in [0.1, 0.15) is 172 Å². The maximum atomic E-state index is 10.8. The molecular weight excluding hydrogens is 588 g/mol. The Kier molecular flexibility index (Phi) is 28.1. The molecule has 0 radical (unpaired) electrons. The summed E-state index contributed by atoms with van der Waals surface area (Å²) in [6.45, 7) is 6.87. The molecule has 270 valence electrons. The number of phenolic OH excluding ortho intramolecular Hbond substituents is 3. The average Bonchev–Trinajstić information content (AvgIpc) is 3.10. The summed E-state index contributed by atoms with van der Waals surface area (Å²) in [6, 6.07) is 21.7. The van der Waals surface area contributed by atoms with Gasteiger partial charge in [-0.1, -0.05) is 179 Å². The maximum Gasteiger partial charge on any atom is 0.119 e. The first-order valence-corrected chi connectivity index (χ1v) is 19.8. The zero-order valence-corrected chi connectivity index (χ0v) is 31.2. The Balaban J connectivity index is 0.000000665. The van der Waals surface area contributed by atoms with E-state index in [-0.39, 0.29) is 0 Å². The van der Waals surface area contributed by atoms with E-state index in [1.54, 1.807) is 48.5 Å². The van der Waals surface area contributed by atoms with E-state index in [9.17, 15) is 5.11 Å². The van der Waals surface area contributed by atoms with Crippen molar-refractivity contribution in [3.05, 3.63) is 89.5 Å². The minimum absolute atomic E-state index is 0.322. The van der Waals surface area contributed by atoms with E-state index in [0.29, 0.717) is 17.2 Å². The van der Waals surface area contributed by atoms with Gasteiger partial charge in [-0.15, -0.1) is 0 Å². The molecule has 0 heterocycles. The molecule has 3 N–H and O–H groups in total. The van der Waals surface area contributed by atoms with Crippen LogP contribution in [0.2, 0.25) is 0 Å². The molecule has 0 amide bonds. The smallest absolute Gasteiger partial charge is 0.119 e. The number of para-hydroxylation sites is 2. The lowest BCUT2D eigenvalue weighted by Gasteiger charge is -2.17. The predicted octanol–water partition coefficient (Wildman–Crippen LogP) is 14.1. The Morgan fingerprint density at radius 1 is 0.333 bits per heavy atom. The number of rotatable bonds is 24. The van der Waals surface area contributed by atoms with E-state index in [1.165, 1.54) is 164 Å². The standard InChI is InChI=1S/C33H60O.2C6H6O/c1-4-7-10-13-16-19-22-25-30-28-29-33(34)32(27-24-21-18-15-12-9-6-3)31(30)26-23-20-17-14-11-8-5-2;2*7-6-4-2-1-3-5-6/h28-29,34H,4-27H2,1-3H3;2*1-5,7H. The van der Waals surface area contributed by atoms with Crippen LogP contribution in [0.5, 0.6) is 17.2 Å². The van der Waals surface area contributed by atoms with E-state index in [2.05, 4.69) is 26.8 Å². The first kappa shape index (κ1) is 43.1. The van der Waals surface area contributed by atoms with Crippen molar-refractivity contribution < 1.29 is 15.3 Å². The topological polar surface area (TPSA) is 60.7 Å². The second-order valence-electron chi connectivity index (χ2n) is 13.5. The van der Waals surface area contributed by atoms with Crippen molar-refractivity contribution in [2.75, 3.05) is 0 Å². The Hall–Kier alpha value is -2.94. The van der Waals surface area contributed by atoms with E-state index in [4.69, 9.17) is 10.2 Å². The number of benzene rings is 3. The first-order chi connectivity index (χ1) is 23.5. The van der Waals surface area contributed by atoms with Gasteiger partial charge in [0.15, 0.2) is 0 Å². The van der Waals surface area contributed by atoms with Crippen LogP contribution in [0.25, 0.3) is 0 Å². The van der Waals surface area contributed by atoms with E-state index < -0.39 is 0 Å². The lowest BCUT2D eigenvalue weighted by molar-refractivity contribution is 0.463. The minimum atomic E-state index is 0.322. The highest BCUT2D eigenvalue weighted by Crippen LogP contribution is 2.30. The Morgan fingerprint density at radius 3 is 1.02 bits per heavy atom. The Bertz CT molecular complexity index is 1060. The number of hydrogen-bond acceptors (Lipinski definition) is 3. The quantitative estimate of drug-likeness (QED) is 0.0838. The van der Waals surface area contributed by atoms with Gasteiger partial charge in [-0.3, -0.25) is 0 Å². The SMILES string of the molecule is CCCCCCCCCc1ccc(O)c(CCCCCCCCC)c1CCCCCCCCC.Oc1ccccc1.Oc1ccccc1. The van der Waals surface area contributed by atoms with Gasteiger partial charge in [0, 0.05) is 0 Å². The van der Waals surface area contributed by atoms with E-state index >= 15 is 0 Å². The van der Waals surface area contributed by atoms with Crippen LogP contribution in [0.15, 0.2) is 72.8 Å². The molecule has 48 heavy (non-hydrogen) atoms. The number of aromatic hydroxyl groups is 3. The fraction of sp³-hybridized carbons (Fsp3) is 0.600. The molecule has 0 spiro atoms. The lowest BCUT2D eigenvalue weighted by atomic mass is 9.89. The van der Waals surface area contributed by atoms with Gasteiger partial charge in [-0.05, 0) is 85.5 Å². The molecule has 3 nitrogen and oxygen atoms in total. The van der Waals surface area contributed by atoms with Crippen LogP contribution in [0, 0.1) is 0 Å². The maximum absolute atomic E-state index is 10.8. The Labute approximate surface area is 296 Å². The summed E-state index contributed by atoms with van der Waals surface area (Å²) in [6.07, 6.45) is 31.9. The average molecular weight is 661 g/mol. The highest BCUT2D eigenvalue weighted by molar-refractivity contribution is 5.45. The predicted molar refractivity (Wildman–Crippen MR) is 209 cm³/mol. The molecule has 0 aliphatic rings. The van der Waals surface area contributed by atoms with Crippen molar-refractivity contribution in [1.82, 2.24) is 0 Å². The zero-order chi connectivity index (χ0) is 34.9. The molecular formula is C45H72O3. The third kappa shape index (κ3) is 23.4. The second-order valence-corrected chi connectivity index (χ2v) is 13.5. The molecule has 0 aromatic heterocycles. The van der Waals surface area contributed by atoms with Crippen LogP contribution in [-0.2, 0) is 19.3 Å². The van der Waals surface area contributed by atoms with Gasteiger partial charge in [0.25, 0.3) is 0 Å². The molecule has 0 saturated heterocycles. The molecule has 3 rings (SSSR count). The summed E-state index contributed by atoms with van der Waals surface area (Å²) in [5.74, 6) is 1.21. The molecule has 0 aliphatic heterocycles. The van der Waals surface area contributed by atoms with Gasteiger partial charge in [0.05, 0.1) is 0 Å². The fourth-order valence-electron chi connectivity index (χ4n) is 6.20. The lowest BCUT2D eigenvalue weighted by Crippen LogP contribution is -2.03. The van der Waals surface area contributed by atoms with Crippen molar-refractivity contribution in [2.24, 2.45) is 0 Å². The van der Waals surface area contributed by atoms with Crippen molar-refractivity contribution in [2.45, 2.75) is 175 Å². The third-order valence-corrected chi connectivity index (χ3v) is 9.13. The van der Waals surface area contributed by atoms with Gasteiger partial charge in [0.1, 0.15) is 17.2 Å². The van der Waals surface area contributed by atoms with E-state index in [0.717, 1.165) is 6.42 Å². The summed E-state index contributed by atoms with van der Waals surface area (Å²) in [5.41, 5.74) is 4.35. The van der Waals surface area contributed by atoms with Gasteiger partial charge >= 0.3 is 0 Å². The van der Waals surface area contributed by atoms with Gasteiger partial charge < -0.3 is 15.3 Å². The molecule has 3 aromatic rings. The monoisotopic (exact) mass is 661 g/mol. The molecule has 0 bridgehead atoms. The van der Waals surface area contributed by atoms with Crippen molar-refractivity contribution in [3.8, 4) is 17.2 Å². The van der Waals surface area contributed by atoms with Crippen molar-refractivity contribution in [1.29, 1.82) is 0 Å². The number of phenols is 3. The van der Waals surface area contributed by atoms with Crippen molar-refractivity contribution >= 4 is 0 Å². The second kappa shape index (κ2) is 31.3. The summed E-state index contributed by atoms with van der Waals surface area (Å²) in [5, 5.41) is 28.0. The van der Waals surface area contributed by atoms with Gasteiger partial charge in [-0.25, -0.2) is 0 Å². The first-order valence-electron chi connectivity index (χ1n) is 19.8. The summed E-state index contributed by atoms with van der Waals surface area (Å²) < 4.78 is 0. The molecule has 0 fully saturated rings. The number of aryl methyl sites for hydroxylation is 1. The van der Waals surface area contributed by atoms with Crippen molar-refractivity contribution in [3.63, 3.8) is 0 Å². The molecule has 0 unspecified atom stereocenters. The van der Waals surface area contributed by atoms with Crippen LogP contribution in [-0.4, -0.2) is 15.3 Å². The third-order valence-electron chi connectivity index (χ3n) is 9.13. The summed E-state index contributed by atoms with van der Waals surface area (Å²) in [7, 11) is 0. The van der Waals surface area contributed by atoms with Gasteiger partial charge in [-0.2, -0.15) is 0 Å². The largest absolute Gasteiger partial charge is 0.508 e. The molecule has 3 heteroatoms. The number of unbranched alkanes of at least 4 members (excludes halogenated alkanes) is 18. The van der Waals surface area contributed by atoms with E-state index in [1.807, 2.05) is 18.2 Å². The molecule has 3 aromatic carbocycles. The van der Waals surface area contributed by atoms with Crippen LogP contribution in [0.3, 0.4) is 0 Å². The minimum Gasteiger partial charge on any atom is -0.508 e.